The summed E-state index contributed by atoms with van der Waals surface area (Å²) in [5.41, 5.74) is 5.15. The van der Waals surface area contributed by atoms with Crippen molar-refractivity contribution in [2.24, 2.45) is 5.73 Å². The van der Waals surface area contributed by atoms with Gasteiger partial charge in [-0.25, -0.2) is 0 Å². The van der Waals surface area contributed by atoms with E-state index in [1.807, 2.05) is 6.26 Å². The molecule has 0 aliphatic carbocycles. The Labute approximate surface area is 72.1 Å². The van der Waals surface area contributed by atoms with E-state index in [4.69, 9.17) is 5.73 Å². The maximum Gasteiger partial charge on any atom is 0.233 e. The summed E-state index contributed by atoms with van der Waals surface area (Å²) in [5.74, 6) is 0.897. The van der Waals surface area contributed by atoms with Gasteiger partial charge in [0.25, 0.3) is 0 Å². The molecule has 3 nitrogen and oxygen atoms in total. The number of rotatable bonds is 5. The van der Waals surface area contributed by atoms with Crippen LogP contribution in [0.15, 0.2) is 0 Å². The van der Waals surface area contributed by atoms with E-state index in [9.17, 15) is 4.79 Å². The lowest BCUT2D eigenvalue weighted by atomic mass is 10.2. The molecule has 0 aromatic carbocycles. The van der Waals surface area contributed by atoms with E-state index in [-0.39, 0.29) is 18.5 Å². The van der Waals surface area contributed by atoms with Crippen molar-refractivity contribution in [1.82, 2.24) is 5.32 Å². The number of hydrogen-bond acceptors (Lipinski definition) is 3. The minimum Gasteiger partial charge on any atom is -0.351 e. The third kappa shape index (κ3) is 5.09. The van der Waals surface area contributed by atoms with Gasteiger partial charge in [0, 0.05) is 11.8 Å². The lowest BCUT2D eigenvalue weighted by Gasteiger charge is -2.14. The zero-order valence-electron chi connectivity index (χ0n) is 7.09. The van der Waals surface area contributed by atoms with Gasteiger partial charge in [-0.1, -0.05) is 6.92 Å². The molecule has 3 N–H and O–H groups in total. The number of carbonyl (C=O) groups is 1. The van der Waals surface area contributed by atoms with Gasteiger partial charge in [0.2, 0.25) is 5.91 Å². The van der Waals surface area contributed by atoms with E-state index in [1.54, 1.807) is 11.8 Å². The molecule has 0 aromatic heterocycles. The minimum atomic E-state index is -0.0640. The van der Waals surface area contributed by atoms with Crippen LogP contribution in [0.25, 0.3) is 0 Å². The van der Waals surface area contributed by atoms with Crippen LogP contribution in [0.2, 0.25) is 0 Å². The summed E-state index contributed by atoms with van der Waals surface area (Å²) < 4.78 is 0. The highest BCUT2D eigenvalue weighted by molar-refractivity contribution is 7.98. The largest absolute Gasteiger partial charge is 0.351 e. The molecule has 0 bridgehead atoms. The molecule has 0 aliphatic rings. The summed E-state index contributed by atoms with van der Waals surface area (Å²) >= 11 is 1.73. The lowest BCUT2D eigenvalue weighted by Crippen LogP contribution is -2.39. The predicted octanol–water partition coefficient (Wildman–Crippen LogP) is 0.203. The standard InChI is InChI=1S/C7H16N2OS/c1-3-6(5-11-2)9-7(10)4-8/h6H,3-5,8H2,1-2H3,(H,9,10). The molecule has 1 amide bonds. The Kier molecular flexibility index (Phi) is 6.36. The Morgan fingerprint density at radius 3 is 2.73 bits per heavy atom. The van der Waals surface area contributed by atoms with Crippen molar-refractivity contribution < 1.29 is 4.79 Å². The molecule has 0 aliphatic heterocycles. The summed E-state index contributed by atoms with van der Waals surface area (Å²) in [6, 6.07) is 0.279. The molecular formula is C7H16N2OS. The molecule has 4 heteroatoms. The normalized spacial score (nSPS) is 12.6. The number of amides is 1. The van der Waals surface area contributed by atoms with Crippen molar-refractivity contribution in [3.05, 3.63) is 0 Å². The Morgan fingerprint density at radius 1 is 1.73 bits per heavy atom. The van der Waals surface area contributed by atoms with Gasteiger partial charge in [-0.15, -0.1) is 0 Å². The average molecular weight is 176 g/mol. The number of thioether (sulfide) groups is 1. The van der Waals surface area contributed by atoms with E-state index in [1.165, 1.54) is 0 Å². The first-order valence-electron chi connectivity index (χ1n) is 3.73. The van der Waals surface area contributed by atoms with Gasteiger partial charge < -0.3 is 11.1 Å². The summed E-state index contributed by atoms with van der Waals surface area (Å²) in [7, 11) is 0. The van der Waals surface area contributed by atoms with Gasteiger partial charge in [-0.3, -0.25) is 4.79 Å². The molecule has 0 radical (unpaired) electrons. The molecular weight excluding hydrogens is 160 g/mol. The fourth-order valence-corrected chi connectivity index (χ4v) is 1.47. The van der Waals surface area contributed by atoms with Crippen molar-refractivity contribution in [3.8, 4) is 0 Å². The Morgan fingerprint density at radius 2 is 2.36 bits per heavy atom. The first-order chi connectivity index (χ1) is 5.24. The van der Waals surface area contributed by atoms with Crippen LogP contribution in [0.3, 0.4) is 0 Å². The second-order valence-corrected chi connectivity index (χ2v) is 3.24. The summed E-state index contributed by atoms with van der Waals surface area (Å²) in [6.45, 7) is 2.14. The number of hydrogen-bond donors (Lipinski definition) is 2. The van der Waals surface area contributed by atoms with Gasteiger partial charge in [0.1, 0.15) is 0 Å². The summed E-state index contributed by atoms with van der Waals surface area (Å²) in [5, 5.41) is 2.83. The molecule has 1 atom stereocenters. The van der Waals surface area contributed by atoms with Crippen molar-refractivity contribution in [3.63, 3.8) is 0 Å². The molecule has 1 unspecified atom stereocenters. The fraction of sp³-hybridized carbons (Fsp3) is 0.857. The predicted molar refractivity (Wildman–Crippen MR) is 49.7 cm³/mol. The molecule has 0 aromatic rings. The zero-order valence-corrected chi connectivity index (χ0v) is 7.91. The van der Waals surface area contributed by atoms with Crippen LogP contribution < -0.4 is 11.1 Å². The average Bonchev–Trinajstić information content (AvgIpc) is 2.03. The van der Waals surface area contributed by atoms with Crippen molar-refractivity contribution in [1.29, 1.82) is 0 Å². The van der Waals surface area contributed by atoms with Crippen LogP contribution in [-0.2, 0) is 4.79 Å². The highest BCUT2D eigenvalue weighted by Crippen LogP contribution is 2.00. The highest BCUT2D eigenvalue weighted by Gasteiger charge is 2.06. The molecule has 0 saturated carbocycles. The van der Waals surface area contributed by atoms with Gasteiger partial charge >= 0.3 is 0 Å². The smallest absolute Gasteiger partial charge is 0.233 e. The monoisotopic (exact) mass is 176 g/mol. The van der Waals surface area contributed by atoms with E-state index >= 15 is 0 Å². The lowest BCUT2D eigenvalue weighted by molar-refractivity contribution is -0.120. The first-order valence-corrected chi connectivity index (χ1v) is 5.12. The maximum atomic E-state index is 10.8. The van der Waals surface area contributed by atoms with Crippen LogP contribution in [0.5, 0.6) is 0 Å². The van der Waals surface area contributed by atoms with Crippen LogP contribution in [0.1, 0.15) is 13.3 Å². The Balaban J connectivity index is 3.58. The Bertz CT molecular complexity index is 119. The van der Waals surface area contributed by atoms with Crippen molar-refractivity contribution in [2.45, 2.75) is 19.4 Å². The molecule has 66 valence electrons. The number of carbonyl (C=O) groups excluding carboxylic acids is 1. The molecule has 0 rings (SSSR count). The summed E-state index contributed by atoms with van der Waals surface area (Å²) in [4.78, 5) is 10.8. The fourth-order valence-electron chi connectivity index (χ4n) is 0.749. The van der Waals surface area contributed by atoms with E-state index < -0.39 is 0 Å². The van der Waals surface area contributed by atoms with Crippen LogP contribution in [0, 0.1) is 0 Å². The molecule has 0 saturated heterocycles. The topological polar surface area (TPSA) is 55.1 Å². The summed E-state index contributed by atoms with van der Waals surface area (Å²) in [6.07, 6.45) is 2.99. The third-order valence-corrected chi connectivity index (χ3v) is 2.15. The van der Waals surface area contributed by atoms with E-state index in [2.05, 4.69) is 12.2 Å². The van der Waals surface area contributed by atoms with Crippen molar-refractivity contribution >= 4 is 17.7 Å². The molecule has 0 heterocycles. The molecule has 0 fully saturated rings. The maximum absolute atomic E-state index is 10.8. The van der Waals surface area contributed by atoms with Crippen molar-refractivity contribution in [2.75, 3.05) is 18.6 Å². The minimum absolute atomic E-state index is 0.0640. The van der Waals surface area contributed by atoms with Crippen LogP contribution >= 0.6 is 11.8 Å². The quantitative estimate of drug-likeness (QED) is 0.629. The van der Waals surface area contributed by atoms with E-state index in [0.29, 0.717) is 0 Å². The van der Waals surface area contributed by atoms with Gasteiger partial charge in [0.05, 0.1) is 6.54 Å². The molecule has 0 spiro atoms. The van der Waals surface area contributed by atoms with Crippen LogP contribution in [-0.4, -0.2) is 30.5 Å². The van der Waals surface area contributed by atoms with Gasteiger partial charge in [0.15, 0.2) is 0 Å². The zero-order chi connectivity index (χ0) is 8.69. The first kappa shape index (κ1) is 10.8. The van der Waals surface area contributed by atoms with Gasteiger partial charge in [-0.05, 0) is 12.7 Å². The molecule has 11 heavy (non-hydrogen) atoms. The highest BCUT2D eigenvalue weighted by atomic mass is 32.2. The van der Waals surface area contributed by atoms with Gasteiger partial charge in [-0.2, -0.15) is 11.8 Å². The number of nitrogens with one attached hydrogen (secondary N) is 1. The van der Waals surface area contributed by atoms with Crippen LogP contribution in [0.4, 0.5) is 0 Å². The third-order valence-electron chi connectivity index (χ3n) is 1.41. The second kappa shape index (κ2) is 6.49. The van der Waals surface area contributed by atoms with E-state index in [0.717, 1.165) is 12.2 Å². The Hall–Kier alpha value is -0.220. The second-order valence-electron chi connectivity index (χ2n) is 2.33. The number of nitrogens with two attached hydrogens (primary N) is 1. The SMILES string of the molecule is CCC(CSC)NC(=O)CN.